The largest absolute Gasteiger partial charge is 0.382 e. The normalized spacial score (nSPS) is 15.4. The molecule has 0 aliphatic heterocycles. The number of methoxy groups -OCH3 is 1. The van der Waals surface area contributed by atoms with Crippen molar-refractivity contribution in [3.8, 4) is 0 Å². The molecule has 0 radical (unpaired) electrons. The summed E-state index contributed by atoms with van der Waals surface area (Å²) in [6, 6.07) is 0. The van der Waals surface area contributed by atoms with Crippen LogP contribution in [0.25, 0.3) is 0 Å². The smallest absolute Gasteiger partial charge is 0.0762 e. The number of rotatable bonds is 6. The van der Waals surface area contributed by atoms with Gasteiger partial charge in [0, 0.05) is 13.5 Å². The van der Waals surface area contributed by atoms with Crippen molar-refractivity contribution in [2.45, 2.75) is 59.1 Å². The lowest BCUT2D eigenvalue weighted by Crippen LogP contribution is -2.19. The highest BCUT2D eigenvalue weighted by atomic mass is 31.1. The van der Waals surface area contributed by atoms with E-state index in [4.69, 9.17) is 9.47 Å². The Kier molecular flexibility index (Phi) is 13.7. The molecule has 0 aliphatic rings. The zero-order chi connectivity index (χ0) is 11.6. The standard InChI is InChI=1S/C9H21O2P.C2H6/c1-7(2)11-9(12-5)6-8(3)10-4;1-2/h7-9,12H,6H2,1-5H3;1-2H3/t8?,9-;/m0./s1. The quantitative estimate of drug-likeness (QED) is 0.640. The second-order valence-corrected chi connectivity index (χ2v) is 4.47. The fraction of sp³-hybridized carbons (Fsp3) is 1.00. The van der Waals surface area contributed by atoms with Gasteiger partial charge in [0.15, 0.2) is 0 Å². The molecule has 2 unspecified atom stereocenters. The summed E-state index contributed by atoms with van der Waals surface area (Å²) in [5.41, 5.74) is 0. The first-order chi connectivity index (χ1) is 6.60. The van der Waals surface area contributed by atoms with Gasteiger partial charge in [0.05, 0.1) is 18.1 Å². The van der Waals surface area contributed by atoms with Crippen molar-refractivity contribution in [3.63, 3.8) is 0 Å². The lowest BCUT2D eigenvalue weighted by atomic mass is 10.3. The first-order valence-electron chi connectivity index (χ1n) is 5.45. The van der Waals surface area contributed by atoms with E-state index in [1.807, 2.05) is 13.8 Å². The molecule has 0 aromatic rings. The second-order valence-electron chi connectivity index (χ2n) is 3.24. The number of hydrogen-bond donors (Lipinski definition) is 0. The highest BCUT2D eigenvalue weighted by Crippen LogP contribution is 2.22. The van der Waals surface area contributed by atoms with Crippen LogP contribution in [0.5, 0.6) is 0 Å². The van der Waals surface area contributed by atoms with E-state index in [-0.39, 0.29) is 0 Å². The maximum atomic E-state index is 5.70. The molecule has 0 aromatic carbocycles. The zero-order valence-electron chi connectivity index (χ0n) is 10.8. The fourth-order valence-corrected chi connectivity index (χ4v) is 1.94. The van der Waals surface area contributed by atoms with Crippen LogP contribution in [0.4, 0.5) is 0 Å². The lowest BCUT2D eigenvalue weighted by molar-refractivity contribution is 0.0168. The van der Waals surface area contributed by atoms with E-state index in [0.717, 1.165) is 15.0 Å². The maximum Gasteiger partial charge on any atom is 0.0762 e. The van der Waals surface area contributed by atoms with E-state index in [1.165, 1.54) is 0 Å². The second kappa shape index (κ2) is 11.4. The van der Waals surface area contributed by atoms with E-state index >= 15 is 0 Å². The molecule has 0 heterocycles. The van der Waals surface area contributed by atoms with Gasteiger partial charge < -0.3 is 9.47 Å². The first-order valence-corrected chi connectivity index (χ1v) is 7.03. The molecule has 0 bridgehead atoms. The van der Waals surface area contributed by atoms with Gasteiger partial charge in [-0.2, -0.15) is 0 Å². The molecule has 0 aliphatic carbocycles. The summed E-state index contributed by atoms with van der Waals surface area (Å²) in [6.07, 6.45) is 1.64. The van der Waals surface area contributed by atoms with Crippen LogP contribution in [-0.4, -0.2) is 31.8 Å². The minimum atomic E-state index is 0.307. The topological polar surface area (TPSA) is 18.5 Å². The molecule has 88 valence electrons. The molecule has 14 heavy (non-hydrogen) atoms. The van der Waals surface area contributed by atoms with Crippen LogP contribution >= 0.6 is 8.58 Å². The third kappa shape index (κ3) is 10.4. The molecule has 2 nitrogen and oxygen atoms in total. The van der Waals surface area contributed by atoms with E-state index in [0.29, 0.717) is 18.1 Å². The Morgan fingerprint density at radius 1 is 1.14 bits per heavy atom. The minimum Gasteiger partial charge on any atom is -0.382 e. The van der Waals surface area contributed by atoms with E-state index in [9.17, 15) is 0 Å². The van der Waals surface area contributed by atoms with Gasteiger partial charge in [-0.15, -0.1) is 0 Å². The summed E-state index contributed by atoms with van der Waals surface area (Å²) < 4.78 is 10.9. The Morgan fingerprint density at radius 2 is 1.64 bits per heavy atom. The van der Waals surface area contributed by atoms with E-state index in [1.54, 1.807) is 7.11 Å². The summed E-state index contributed by atoms with van der Waals surface area (Å²) >= 11 is 0. The van der Waals surface area contributed by atoms with Crippen LogP contribution in [0.1, 0.15) is 41.0 Å². The van der Waals surface area contributed by atoms with Crippen molar-refractivity contribution < 1.29 is 9.47 Å². The summed E-state index contributed by atoms with van der Waals surface area (Å²) in [5.74, 6) is 0.375. The van der Waals surface area contributed by atoms with Crippen molar-refractivity contribution in [3.05, 3.63) is 0 Å². The summed E-state index contributed by atoms with van der Waals surface area (Å²) in [5, 5.41) is 0. The van der Waals surface area contributed by atoms with Crippen LogP contribution in [0.3, 0.4) is 0 Å². The molecule has 0 fully saturated rings. The number of ether oxygens (including phenoxy) is 2. The monoisotopic (exact) mass is 222 g/mol. The van der Waals surface area contributed by atoms with Crippen molar-refractivity contribution in [1.29, 1.82) is 0 Å². The average molecular weight is 222 g/mol. The molecule has 0 aromatic heterocycles. The van der Waals surface area contributed by atoms with Crippen LogP contribution in [0.2, 0.25) is 0 Å². The molecule has 0 spiro atoms. The Morgan fingerprint density at radius 3 is 1.93 bits per heavy atom. The highest BCUT2D eigenvalue weighted by molar-refractivity contribution is 7.37. The summed E-state index contributed by atoms with van der Waals surface area (Å²) in [7, 11) is 2.58. The highest BCUT2D eigenvalue weighted by Gasteiger charge is 2.12. The minimum absolute atomic E-state index is 0.307. The Bertz CT molecular complexity index is 107. The van der Waals surface area contributed by atoms with Crippen LogP contribution in [0, 0.1) is 0 Å². The van der Waals surface area contributed by atoms with Gasteiger partial charge >= 0.3 is 0 Å². The molecule has 0 saturated carbocycles. The molecule has 0 saturated heterocycles. The van der Waals surface area contributed by atoms with Gasteiger partial charge in [-0.1, -0.05) is 22.4 Å². The maximum absolute atomic E-state index is 5.70. The molecule has 0 amide bonds. The molecular weight excluding hydrogens is 195 g/mol. The molecule has 3 heteroatoms. The fourth-order valence-electron chi connectivity index (χ4n) is 0.968. The van der Waals surface area contributed by atoms with Crippen LogP contribution in [0.15, 0.2) is 0 Å². The Labute approximate surface area is 91.5 Å². The SMILES string of the molecule is CC.COC(C)C[C@@H](OC(C)C)PC. The van der Waals surface area contributed by atoms with Crippen LogP contribution < -0.4 is 0 Å². The molecular formula is C11H27O2P. The predicted molar refractivity (Wildman–Crippen MR) is 66.7 cm³/mol. The van der Waals surface area contributed by atoms with Crippen molar-refractivity contribution in [2.24, 2.45) is 0 Å². The molecule has 0 rings (SSSR count). The van der Waals surface area contributed by atoms with Gasteiger partial charge in [-0.3, -0.25) is 0 Å². The third-order valence-electron chi connectivity index (χ3n) is 1.71. The molecule has 3 atom stereocenters. The van der Waals surface area contributed by atoms with E-state index < -0.39 is 0 Å². The van der Waals surface area contributed by atoms with Crippen molar-refractivity contribution in [2.75, 3.05) is 13.8 Å². The van der Waals surface area contributed by atoms with Gasteiger partial charge in [0.2, 0.25) is 0 Å². The Hall–Kier alpha value is 0.350. The molecule has 0 N–H and O–H groups in total. The van der Waals surface area contributed by atoms with Crippen LogP contribution in [-0.2, 0) is 9.47 Å². The number of hydrogen-bond acceptors (Lipinski definition) is 2. The first kappa shape index (κ1) is 16.8. The van der Waals surface area contributed by atoms with E-state index in [2.05, 4.69) is 27.4 Å². The lowest BCUT2D eigenvalue weighted by Gasteiger charge is -2.21. The predicted octanol–water partition coefficient (Wildman–Crippen LogP) is 3.50. The zero-order valence-corrected chi connectivity index (χ0v) is 11.8. The Balaban J connectivity index is 0. The van der Waals surface area contributed by atoms with Gasteiger partial charge in [0.25, 0.3) is 0 Å². The third-order valence-corrected chi connectivity index (χ3v) is 2.72. The summed E-state index contributed by atoms with van der Waals surface area (Å²) in [6.45, 7) is 12.4. The summed E-state index contributed by atoms with van der Waals surface area (Å²) in [4.78, 5) is 0. The van der Waals surface area contributed by atoms with Crippen molar-refractivity contribution in [1.82, 2.24) is 0 Å². The van der Waals surface area contributed by atoms with Gasteiger partial charge in [-0.05, 0) is 27.4 Å². The average Bonchev–Trinajstić information content (AvgIpc) is 2.19. The van der Waals surface area contributed by atoms with Crippen molar-refractivity contribution >= 4 is 8.58 Å². The van der Waals surface area contributed by atoms with Gasteiger partial charge in [0.1, 0.15) is 0 Å². The van der Waals surface area contributed by atoms with Gasteiger partial charge in [-0.25, -0.2) is 0 Å².